The number of benzene rings is 3. The van der Waals surface area contributed by atoms with Gasteiger partial charge in [-0.2, -0.15) is 0 Å². The van der Waals surface area contributed by atoms with Crippen LogP contribution in [0.15, 0.2) is 70.5 Å². The highest BCUT2D eigenvalue weighted by Gasteiger charge is 2.16. The second-order valence-electron chi connectivity index (χ2n) is 5.74. The van der Waals surface area contributed by atoms with E-state index in [1.165, 1.54) is 48.5 Å². The lowest BCUT2D eigenvalue weighted by atomic mass is 9.94. The maximum Gasteiger partial charge on any atom is 0.261 e. The van der Waals surface area contributed by atoms with Crippen LogP contribution < -0.4 is 0 Å². The predicted molar refractivity (Wildman–Crippen MR) is 103 cm³/mol. The summed E-state index contributed by atoms with van der Waals surface area (Å²) in [7, 11) is 2.71. The Morgan fingerprint density at radius 2 is 0.857 bits per heavy atom. The summed E-state index contributed by atoms with van der Waals surface area (Å²) in [5.41, 5.74) is 1.37. The Hall–Kier alpha value is -2.00. The summed E-state index contributed by atoms with van der Waals surface area (Å²) in [6.07, 6.45) is 0. The van der Waals surface area contributed by atoms with Gasteiger partial charge in [-0.25, -0.2) is 25.6 Å². The molecule has 0 spiro atoms. The van der Waals surface area contributed by atoms with Gasteiger partial charge < -0.3 is 0 Å². The summed E-state index contributed by atoms with van der Waals surface area (Å²) in [5.74, 6) is -2.18. The van der Waals surface area contributed by atoms with Gasteiger partial charge in [-0.3, -0.25) is 0 Å². The van der Waals surface area contributed by atoms with Crippen molar-refractivity contribution in [3.05, 3.63) is 72.3 Å². The minimum atomic E-state index is -3.93. The van der Waals surface area contributed by atoms with Crippen molar-refractivity contribution in [1.29, 1.82) is 0 Å². The summed E-state index contributed by atoms with van der Waals surface area (Å²) in [5, 5.41) is 0. The van der Waals surface area contributed by atoms with Gasteiger partial charge in [-0.05, 0) is 58.7 Å². The standard InChI is InChI=1S/C18H10Cl2F2O4S2/c19-27(23,24)13-5-1-11(2-6-13)15-9-17(21)18(22)10-16(15)12-3-7-14(8-4-12)28(20,25)26/h1-10H. The van der Waals surface area contributed by atoms with Crippen LogP contribution in [0, 0.1) is 11.6 Å². The van der Waals surface area contributed by atoms with E-state index in [-0.39, 0.29) is 20.9 Å². The van der Waals surface area contributed by atoms with Gasteiger partial charge in [-0.1, -0.05) is 24.3 Å². The van der Waals surface area contributed by atoms with Crippen molar-refractivity contribution in [3.8, 4) is 22.3 Å². The summed E-state index contributed by atoms with van der Waals surface area (Å²) in [6, 6.07) is 12.5. The van der Waals surface area contributed by atoms with Crippen molar-refractivity contribution in [1.82, 2.24) is 0 Å². The molecule has 10 heteroatoms. The van der Waals surface area contributed by atoms with Crippen LogP contribution in [0.3, 0.4) is 0 Å². The first-order valence-electron chi connectivity index (χ1n) is 7.56. The molecule has 28 heavy (non-hydrogen) atoms. The fraction of sp³-hybridized carbons (Fsp3) is 0. The summed E-state index contributed by atoms with van der Waals surface area (Å²) >= 11 is 0. The minimum absolute atomic E-state index is 0.140. The van der Waals surface area contributed by atoms with Gasteiger partial charge in [0.2, 0.25) is 0 Å². The average molecular weight is 463 g/mol. The fourth-order valence-electron chi connectivity index (χ4n) is 2.62. The zero-order valence-electron chi connectivity index (χ0n) is 13.7. The zero-order valence-corrected chi connectivity index (χ0v) is 16.9. The number of rotatable bonds is 4. The average Bonchev–Trinajstić information content (AvgIpc) is 2.62. The molecule has 4 nitrogen and oxygen atoms in total. The monoisotopic (exact) mass is 462 g/mol. The van der Waals surface area contributed by atoms with E-state index in [0.29, 0.717) is 11.1 Å². The molecule has 0 amide bonds. The smallest absolute Gasteiger partial charge is 0.207 e. The topological polar surface area (TPSA) is 68.3 Å². The lowest BCUT2D eigenvalue weighted by molar-refractivity contribution is 0.509. The molecular formula is C18H10Cl2F2O4S2. The van der Waals surface area contributed by atoms with Gasteiger partial charge in [0, 0.05) is 21.4 Å². The first-order chi connectivity index (χ1) is 13.0. The number of hydrogen-bond donors (Lipinski definition) is 0. The van der Waals surface area contributed by atoms with E-state index in [9.17, 15) is 25.6 Å². The molecule has 0 saturated heterocycles. The molecule has 146 valence electrons. The van der Waals surface area contributed by atoms with Gasteiger partial charge in [0.25, 0.3) is 18.1 Å². The van der Waals surface area contributed by atoms with Gasteiger partial charge in [0.15, 0.2) is 11.6 Å². The summed E-state index contributed by atoms with van der Waals surface area (Å²) in [6.45, 7) is 0. The molecule has 0 unspecified atom stereocenters. The van der Waals surface area contributed by atoms with E-state index in [2.05, 4.69) is 0 Å². The molecule has 0 radical (unpaired) electrons. The highest BCUT2D eigenvalue weighted by molar-refractivity contribution is 8.14. The summed E-state index contributed by atoms with van der Waals surface area (Å²) in [4.78, 5) is -0.280. The van der Waals surface area contributed by atoms with Crippen molar-refractivity contribution >= 4 is 39.5 Å². The van der Waals surface area contributed by atoms with Gasteiger partial charge in [-0.15, -0.1) is 0 Å². The van der Waals surface area contributed by atoms with E-state index in [0.717, 1.165) is 12.1 Å². The third-order valence-corrected chi connectivity index (χ3v) is 6.69. The molecule has 0 aliphatic rings. The second kappa shape index (κ2) is 7.44. The third-order valence-electron chi connectivity index (χ3n) is 3.95. The summed E-state index contributed by atoms with van der Waals surface area (Å²) < 4.78 is 73.2. The molecule has 0 aliphatic heterocycles. The molecule has 3 aromatic rings. The lowest BCUT2D eigenvalue weighted by Crippen LogP contribution is -1.94. The minimum Gasteiger partial charge on any atom is -0.207 e. The van der Waals surface area contributed by atoms with Crippen molar-refractivity contribution in [3.63, 3.8) is 0 Å². The van der Waals surface area contributed by atoms with Crippen LogP contribution in [-0.4, -0.2) is 16.8 Å². The first kappa shape index (κ1) is 20.7. The molecule has 0 aromatic heterocycles. The molecule has 0 N–H and O–H groups in total. The molecule has 0 bridgehead atoms. The van der Waals surface area contributed by atoms with Crippen LogP contribution in [0.1, 0.15) is 0 Å². The van der Waals surface area contributed by atoms with E-state index < -0.39 is 29.7 Å². The van der Waals surface area contributed by atoms with Crippen LogP contribution in [0.2, 0.25) is 0 Å². The second-order valence-corrected chi connectivity index (χ2v) is 10.9. The number of halogens is 4. The quantitative estimate of drug-likeness (QED) is 0.502. The maximum absolute atomic E-state index is 13.9. The highest BCUT2D eigenvalue weighted by Crippen LogP contribution is 2.35. The Bertz CT molecular complexity index is 1160. The van der Waals surface area contributed by atoms with Crippen molar-refractivity contribution < 1.29 is 25.6 Å². The van der Waals surface area contributed by atoms with Crippen molar-refractivity contribution in [2.24, 2.45) is 0 Å². The van der Waals surface area contributed by atoms with Crippen LogP contribution >= 0.6 is 21.4 Å². The Morgan fingerprint density at radius 1 is 0.571 bits per heavy atom. The molecule has 0 fully saturated rings. The van der Waals surface area contributed by atoms with E-state index in [1.54, 1.807) is 0 Å². The van der Waals surface area contributed by atoms with E-state index in [4.69, 9.17) is 21.4 Å². The Morgan fingerprint density at radius 3 is 1.11 bits per heavy atom. The lowest BCUT2D eigenvalue weighted by Gasteiger charge is -2.12. The number of hydrogen-bond acceptors (Lipinski definition) is 4. The first-order valence-corrected chi connectivity index (χ1v) is 12.2. The normalized spacial score (nSPS) is 12.1. The maximum atomic E-state index is 13.9. The van der Waals surface area contributed by atoms with Crippen LogP contribution in [-0.2, 0) is 18.1 Å². The molecular weight excluding hydrogens is 453 g/mol. The molecule has 0 atom stereocenters. The molecule has 3 aromatic carbocycles. The third kappa shape index (κ3) is 4.35. The van der Waals surface area contributed by atoms with Crippen LogP contribution in [0.5, 0.6) is 0 Å². The Balaban J connectivity index is 2.16. The van der Waals surface area contributed by atoms with E-state index >= 15 is 0 Å². The van der Waals surface area contributed by atoms with Gasteiger partial charge in [0.05, 0.1) is 9.79 Å². The van der Waals surface area contributed by atoms with Gasteiger partial charge in [0.1, 0.15) is 0 Å². The predicted octanol–water partition coefficient (Wildman–Crippen LogP) is 5.15. The van der Waals surface area contributed by atoms with Crippen molar-refractivity contribution in [2.45, 2.75) is 9.79 Å². The Kier molecular flexibility index (Phi) is 5.51. The van der Waals surface area contributed by atoms with Gasteiger partial charge >= 0.3 is 0 Å². The van der Waals surface area contributed by atoms with Crippen LogP contribution in [0.4, 0.5) is 8.78 Å². The Labute approximate surface area is 169 Å². The van der Waals surface area contributed by atoms with E-state index in [1.807, 2.05) is 0 Å². The highest BCUT2D eigenvalue weighted by atomic mass is 35.7. The van der Waals surface area contributed by atoms with Crippen LogP contribution in [0.25, 0.3) is 22.3 Å². The largest absolute Gasteiger partial charge is 0.261 e. The zero-order chi connectivity index (χ0) is 20.7. The molecule has 0 heterocycles. The molecule has 0 saturated carbocycles. The molecule has 0 aliphatic carbocycles. The molecule has 3 rings (SSSR count). The fourth-order valence-corrected chi connectivity index (χ4v) is 4.16. The SMILES string of the molecule is O=S(=O)(Cl)c1ccc(-c2cc(F)c(F)cc2-c2ccc(S(=O)(=O)Cl)cc2)cc1. The van der Waals surface area contributed by atoms with Crippen molar-refractivity contribution in [2.75, 3.05) is 0 Å².